The minimum atomic E-state index is -0.593. The van der Waals surface area contributed by atoms with Gasteiger partial charge in [-0.25, -0.2) is 13.8 Å². The summed E-state index contributed by atoms with van der Waals surface area (Å²) in [6.45, 7) is 17.8. The molecule has 1 saturated carbocycles. The number of hydrogen-bond acceptors (Lipinski definition) is 5. The van der Waals surface area contributed by atoms with Crippen LogP contribution in [0.5, 0.6) is 0 Å². The topological polar surface area (TPSA) is 68.7 Å². The first-order chi connectivity index (χ1) is 21.8. The zero-order valence-corrected chi connectivity index (χ0v) is 28.5. The van der Waals surface area contributed by atoms with E-state index in [1.54, 1.807) is 13.1 Å². The number of aliphatic hydroxyl groups excluding tert-OH is 1. The average molecular weight is 627 g/mol. The first-order valence-electron chi connectivity index (χ1n) is 15.9. The second-order valence-corrected chi connectivity index (χ2v) is 10.4. The fourth-order valence-electron chi connectivity index (χ4n) is 5.24. The van der Waals surface area contributed by atoms with Crippen molar-refractivity contribution in [1.82, 2.24) is 10.6 Å². The highest BCUT2D eigenvalue weighted by Gasteiger charge is 2.24. The van der Waals surface area contributed by atoms with E-state index in [9.17, 15) is 8.78 Å². The summed E-state index contributed by atoms with van der Waals surface area (Å²) in [6.07, 6.45) is 12.5. The number of benzene rings is 2. The summed E-state index contributed by atoms with van der Waals surface area (Å²) in [7, 11) is 4.63. The largest absolute Gasteiger partial charge is 0.400 e. The number of aliphatic hydroxyl groups is 1. The summed E-state index contributed by atoms with van der Waals surface area (Å²) in [4.78, 5) is 4.79. The normalized spacial score (nSPS) is 18.9. The number of aliphatic imine (C=N–C) groups is 1. The summed E-state index contributed by atoms with van der Waals surface area (Å²) >= 11 is 0. The zero-order chi connectivity index (χ0) is 33.9. The minimum absolute atomic E-state index is 0. The molecule has 252 valence electrons. The lowest BCUT2D eigenvalue weighted by Gasteiger charge is -2.29. The Morgan fingerprint density at radius 3 is 2.16 bits per heavy atom. The van der Waals surface area contributed by atoms with E-state index >= 15 is 0 Å². The van der Waals surface area contributed by atoms with Crippen LogP contribution in [0.3, 0.4) is 0 Å². The number of rotatable bonds is 8. The molecule has 0 radical (unpaired) electrons. The molecule has 0 heterocycles. The molecule has 0 unspecified atom stereocenters. The predicted octanol–water partition coefficient (Wildman–Crippen LogP) is 9.73. The van der Waals surface area contributed by atoms with Gasteiger partial charge >= 0.3 is 0 Å². The van der Waals surface area contributed by atoms with Gasteiger partial charge in [-0.05, 0) is 105 Å². The van der Waals surface area contributed by atoms with Gasteiger partial charge in [0.15, 0.2) is 5.82 Å². The Kier molecular flexibility index (Phi) is 18.3. The lowest BCUT2D eigenvalue weighted by Crippen LogP contribution is -2.38. The van der Waals surface area contributed by atoms with E-state index in [0.29, 0.717) is 29.9 Å². The third kappa shape index (κ3) is 11.2. The molecule has 45 heavy (non-hydrogen) atoms. The van der Waals surface area contributed by atoms with Crippen LogP contribution in [0, 0.1) is 18.6 Å². The number of nitrogens with zero attached hydrogens (tertiary/aromatic N) is 1. The Balaban J connectivity index is -0.00000108. The van der Waals surface area contributed by atoms with Crippen LogP contribution in [0.4, 0.5) is 14.5 Å². The summed E-state index contributed by atoms with van der Waals surface area (Å²) in [5, 5.41) is 16.6. The second kappa shape index (κ2) is 21.0. The van der Waals surface area contributed by atoms with Gasteiger partial charge < -0.3 is 21.1 Å². The summed E-state index contributed by atoms with van der Waals surface area (Å²) in [6, 6.07) is 11.8. The molecular formula is C38H60F2N4O. The molecule has 2 aliphatic carbocycles. The van der Waals surface area contributed by atoms with Crippen LogP contribution < -0.4 is 16.0 Å². The molecule has 2 aromatic carbocycles. The number of anilines is 1. The van der Waals surface area contributed by atoms with Crippen molar-refractivity contribution >= 4 is 23.0 Å². The molecule has 2 aromatic rings. The molecular weight excluding hydrogens is 566 g/mol. The maximum absolute atomic E-state index is 15.0. The number of nitrogens with one attached hydrogen (secondary N) is 3. The summed E-state index contributed by atoms with van der Waals surface area (Å²) < 4.78 is 29.6. The second-order valence-electron chi connectivity index (χ2n) is 10.4. The molecule has 7 heteroatoms. The molecule has 0 atom stereocenters. The van der Waals surface area contributed by atoms with Gasteiger partial charge in [0.1, 0.15) is 11.6 Å². The van der Waals surface area contributed by atoms with Crippen LogP contribution in [0.15, 0.2) is 89.7 Å². The fraction of sp³-hybridized carbons (Fsp3) is 0.395. The quantitative estimate of drug-likeness (QED) is 0.236. The number of halogens is 2. The van der Waals surface area contributed by atoms with Crippen molar-refractivity contribution in [3.8, 4) is 0 Å². The molecule has 5 nitrogen and oxygen atoms in total. The number of aryl methyl sites for hydroxylation is 1. The van der Waals surface area contributed by atoms with Gasteiger partial charge in [-0.15, -0.1) is 0 Å². The molecule has 4 N–H and O–H groups in total. The Hall–Kier alpha value is -3.81. The van der Waals surface area contributed by atoms with Crippen molar-refractivity contribution in [1.29, 1.82) is 0 Å². The Bertz CT molecular complexity index is 1380. The van der Waals surface area contributed by atoms with Crippen molar-refractivity contribution in [2.24, 2.45) is 4.99 Å². The van der Waals surface area contributed by atoms with Crippen LogP contribution in [0.1, 0.15) is 80.8 Å². The maximum Gasteiger partial charge on any atom is 0.157 e. The van der Waals surface area contributed by atoms with Crippen molar-refractivity contribution < 1.29 is 18.2 Å². The van der Waals surface area contributed by atoms with Crippen molar-refractivity contribution in [2.75, 3.05) is 26.5 Å². The standard InChI is InChI=1S/C26H34F2N4.C9H10.C2H6.CH4O.3H2/c1-6-17-14-19(24-22(27)12-13-23(30-5)25(24)28)15-18(7-2)26(17)32-16(3)31-21-10-8-20(29-4)9-11-21;1-3-9-7-5-4-6-8(9)2;2*1-2;;;/h6,12-15,20-21,29-31H,3,7-11H2,1-2,4-5H3;3-7H,1H2,2H3;1-2H3;2H,1H3;3*1H/b17-6-,32-26+;;;;;;. The van der Waals surface area contributed by atoms with Gasteiger partial charge in [0.2, 0.25) is 0 Å². The first kappa shape index (κ1) is 39.2. The molecule has 0 amide bonds. The van der Waals surface area contributed by atoms with E-state index < -0.39 is 11.6 Å². The highest BCUT2D eigenvalue weighted by atomic mass is 19.1. The van der Waals surface area contributed by atoms with Crippen molar-refractivity contribution in [3.63, 3.8) is 0 Å². The van der Waals surface area contributed by atoms with Gasteiger partial charge in [-0.2, -0.15) is 0 Å². The molecule has 0 aromatic heterocycles. The van der Waals surface area contributed by atoms with E-state index in [1.165, 1.54) is 23.3 Å². The molecule has 4 rings (SSSR count). The highest BCUT2D eigenvalue weighted by Crippen LogP contribution is 2.34. The maximum atomic E-state index is 15.0. The van der Waals surface area contributed by atoms with Gasteiger partial charge in [-0.1, -0.05) is 70.3 Å². The van der Waals surface area contributed by atoms with Crippen LogP contribution in [-0.2, 0) is 0 Å². The van der Waals surface area contributed by atoms with Crippen LogP contribution in [0.25, 0.3) is 11.6 Å². The predicted molar refractivity (Wildman–Crippen MR) is 198 cm³/mol. The Morgan fingerprint density at radius 1 is 1.02 bits per heavy atom. The van der Waals surface area contributed by atoms with E-state index in [2.05, 4.69) is 48.2 Å². The molecule has 1 fully saturated rings. The molecule has 0 spiro atoms. The average Bonchev–Trinajstić information content (AvgIpc) is 3.08. The summed E-state index contributed by atoms with van der Waals surface area (Å²) in [5.41, 5.74) is 5.79. The highest BCUT2D eigenvalue weighted by molar-refractivity contribution is 6.18. The van der Waals surface area contributed by atoms with Crippen molar-refractivity contribution in [2.45, 2.75) is 78.8 Å². The molecule has 2 aliphatic rings. The van der Waals surface area contributed by atoms with Gasteiger partial charge in [0.25, 0.3) is 0 Å². The van der Waals surface area contributed by atoms with Gasteiger partial charge in [-0.3, -0.25) is 0 Å². The lowest BCUT2D eigenvalue weighted by molar-refractivity contribution is 0.331. The van der Waals surface area contributed by atoms with E-state index in [0.717, 1.165) is 49.7 Å². The SMILES string of the molecule is C=C(/N=C1/C(CC)=CC(c2c(F)ccc(NC)c2F)=C/C1=C/C)NC1CCC(NC)CC1.C=Cc1ccccc1C.CC.CO.[HH].[HH].[HH]. The first-order valence-corrected chi connectivity index (χ1v) is 15.9. The molecule has 0 saturated heterocycles. The third-order valence-corrected chi connectivity index (χ3v) is 7.72. The molecule has 0 bridgehead atoms. The third-order valence-electron chi connectivity index (χ3n) is 7.72. The lowest BCUT2D eigenvalue weighted by atomic mass is 9.87. The van der Waals surface area contributed by atoms with E-state index in [4.69, 9.17) is 10.1 Å². The smallest absolute Gasteiger partial charge is 0.157 e. The molecule has 0 aliphatic heterocycles. The van der Waals surface area contributed by atoms with Crippen LogP contribution >= 0.6 is 0 Å². The minimum Gasteiger partial charge on any atom is -0.400 e. The number of allylic oxidation sites excluding steroid dienone is 6. The van der Waals surface area contributed by atoms with E-state index in [-0.39, 0.29) is 15.5 Å². The van der Waals surface area contributed by atoms with E-state index in [1.807, 2.05) is 65.1 Å². The Morgan fingerprint density at radius 2 is 1.64 bits per heavy atom. The van der Waals surface area contributed by atoms with Crippen LogP contribution in [0.2, 0.25) is 0 Å². The van der Waals surface area contributed by atoms with Gasteiger partial charge in [0, 0.05) is 30.5 Å². The summed E-state index contributed by atoms with van der Waals surface area (Å²) in [5.74, 6) is -0.555. The monoisotopic (exact) mass is 626 g/mol. The zero-order valence-electron chi connectivity index (χ0n) is 28.5. The van der Waals surface area contributed by atoms with Crippen LogP contribution in [-0.4, -0.2) is 44.1 Å². The number of hydrogen-bond donors (Lipinski definition) is 4. The van der Waals surface area contributed by atoms with Gasteiger partial charge in [0.05, 0.1) is 17.0 Å². The van der Waals surface area contributed by atoms with Crippen molar-refractivity contribution in [3.05, 3.63) is 113 Å². The Labute approximate surface area is 275 Å². The fourth-order valence-corrected chi connectivity index (χ4v) is 5.24.